The van der Waals surface area contributed by atoms with Gasteiger partial charge in [-0.3, -0.25) is 9.59 Å². The number of aryl methyl sites for hydroxylation is 1. The first-order valence-corrected chi connectivity index (χ1v) is 12.3. The Hall–Kier alpha value is -1.98. The molecule has 2 aromatic rings. The highest BCUT2D eigenvalue weighted by atomic mass is 35.5. The number of benzene rings is 2. The molecule has 0 aliphatic heterocycles. The van der Waals surface area contributed by atoms with E-state index in [0.29, 0.717) is 23.7 Å². The van der Waals surface area contributed by atoms with E-state index in [0.717, 1.165) is 17.7 Å². The van der Waals surface area contributed by atoms with E-state index in [-0.39, 0.29) is 17.9 Å². The maximum Gasteiger partial charge on any atom is 0.243 e. The summed E-state index contributed by atoms with van der Waals surface area (Å²) >= 11 is 7.59. The van der Waals surface area contributed by atoms with Crippen LogP contribution in [0, 0.1) is 6.92 Å². The van der Waals surface area contributed by atoms with E-state index in [1.165, 1.54) is 11.1 Å². The maximum absolute atomic E-state index is 13.2. The first-order valence-electron chi connectivity index (χ1n) is 10.8. The summed E-state index contributed by atoms with van der Waals surface area (Å²) in [4.78, 5) is 27.9. The van der Waals surface area contributed by atoms with E-state index in [2.05, 4.69) is 36.5 Å². The second kappa shape index (κ2) is 12.8. The fourth-order valence-electron chi connectivity index (χ4n) is 3.17. The van der Waals surface area contributed by atoms with Gasteiger partial charge in [-0.15, -0.1) is 11.8 Å². The summed E-state index contributed by atoms with van der Waals surface area (Å²) in [6, 6.07) is 15.3. The molecule has 31 heavy (non-hydrogen) atoms. The lowest BCUT2D eigenvalue weighted by Gasteiger charge is -2.31. The Morgan fingerprint density at radius 1 is 1.00 bits per heavy atom. The molecular formula is C25H33ClN2O2S. The van der Waals surface area contributed by atoms with Crippen LogP contribution in [0.4, 0.5) is 0 Å². The highest BCUT2D eigenvalue weighted by Gasteiger charge is 2.29. The van der Waals surface area contributed by atoms with Crippen molar-refractivity contribution in [1.82, 2.24) is 10.2 Å². The van der Waals surface area contributed by atoms with Crippen LogP contribution in [0.3, 0.4) is 0 Å². The van der Waals surface area contributed by atoms with Crippen molar-refractivity contribution in [3.63, 3.8) is 0 Å². The summed E-state index contributed by atoms with van der Waals surface area (Å²) in [5.74, 6) is 0.964. The molecule has 0 radical (unpaired) electrons. The average Bonchev–Trinajstić information content (AvgIpc) is 2.76. The van der Waals surface area contributed by atoms with Gasteiger partial charge < -0.3 is 10.2 Å². The smallest absolute Gasteiger partial charge is 0.243 e. The van der Waals surface area contributed by atoms with Crippen LogP contribution in [-0.4, -0.2) is 34.6 Å². The third-order valence-corrected chi connectivity index (χ3v) is 6.51. The summed E-state index contributed by atoms with van der Waals surface area (Å²) in [5.41, 5.74) is 3.36. The molecule has 1 N–H and O–H groups in total. The van der Waals surface area contributed by atoms with Crippen molar-refractivity contribution in [2.24, 2.45) is 0 Å². The lowest BCUT2D eigenvalue weighted by molar-refractivity contribution is -0.139. The quantitative estimate of drug-likeness (QED) is 0.474. The molecule has 2 aromatic carbocycles. The first-order chi connectivity index (χ1) is 14.8. The standard InChI is InChI=1S/C25H33ClN2O2S/c1-5-19(4)27-25(30)23(6-2)28(15-20-11-13-22(26)14-12-20)24(29)17-31-16-21-9-7-18(3)8-10-21/h7-14,19,23H,5-6,15-17H2,1-4H3,(H,27,30)/t19-,23-/m1/s1. The molecule has 0 unspecified atom stereocenters. The Morgan fingerprint density at radius 3 is 2.19 bits per heavy atom. The zero-order valence-corrected chi connectivity index (χ0v) is 20.4. The number of nitrogens with one attached hydrogen (secondary N) is 1. The molecule has 0 aliphatic rings. The Labute approximate surface area is 195 Å². The van der Waals surface area contributed by atoms with E-state index < -0.39 is 6.04 Å². The summed E-state index contributed by atoms with van der Waals surface area (Å²) in [7, 11) is 0. The molecule has 0 heterocycles. The van der Waals surface area contributed by atoms with Crippen LogP contribution in [0.5, 0.6) is 0 Å². The Bertz CT molecular complexity index is 840. The van der Waals surface area contributed by atoms with Gasteiger partial charge in [0.15, 0.2) is 0 Å². The lowest BCUT2D eigenvalue weighted by atomic mass is 10.1. The topological polar surface area (TPSA) is 49.4 Å². The SMILES string of the molecule is CC[C@@H](C)NC(=O)[C@@H](CC)N(Cc1ccc(Cl)cc1)C(=O)CSCc1ccc(C)cc1. The van der Waals surface area contributed by atoms with Crippen LogP contribution in [0.1, 0.15) is 50.3 Å². The van der Waals surface area contributed by atoms with Crippen molar-refractivity contribution in [1.29, 1.82) is 0 Å². The zero-order chi connectivity index (χ0) is 22.8. The molecule has 2 rings (SSSR count). The third-order valence-electron chi connectivity index (χ3n) is 5.27. The fourth-order valence-corrected chi connectivity index (χ4v) is 4.17. The number of rotatable bonds is 11. The number of hydrogen-bond acceptors (Lipinski definition) is 3. The molecule has 0 spiro atoms. The van der Waals surface area contributed by atoms with Crippen molar-refractivity contribution in [3.8, 4) is 0 Å². The molecule has 2 atom stereocenters. The summed E-state index contributed by atoms with van der Waals surface area (Å²) in [6.07, 6.45) is 1.41. The molecule has 0 aliphatic carbocycles. The van der Waals surface area contributed by atoms with Gasteiger partial charge in [0, 0.05) is 23.4 Å². The van der Waals surface area contributed by atoms with Gasteiger partial charge in [0.25, 0.3) is 0 Å². The molecule has 0 bridgehead atoms. The van der Waals surface area contributed by atoms with Gasteiger partial charge in [-0.2, -0.15) is 0 Å². The predicted molar refractivity (Wildman–Crippen MR) is 131 cm³/mol. The lowest BCUT2D eigenvalue weighted by Crippen LogP contribution is -2.51. The van der Waals surface area contributed by atoms with Crippen molar-refractivity contribution in [2.75, 3.05) is 5.75 Å². The highest BCUT2D eigenvalue weighted by Crippen LogP contribution is 2.19. The van der Waals surface area contributed by atoms with Gasteiger partial charge in [-0.1, -0.05) is 67.4 Å². The normalized spacial score (nSPS) is 12.8. The first kappa shape index (κ1) is 25.3. The zero-order valence-electron chi connectivity index (χ0n) is 18.9. The number of carbonyl (C=O) groups excluding carboxylic acids is 2. The Morgan fingerprint density at radius 2 is 1.61 bits per heavy atom. The van der Waals surface area contributed by atoms with Crippen LogP contribution >= 0.6 is 23.4 Å². The van der Waals surface area contributed by atoms with Gasteiger partial charge in [0.2, 0.25) is 11.8 Å². The maximum atomic E-state index is 13.2. The van der Waals surface area contributed by atoms with Crippen LogP contribution < -0.4 is 5.32 Å². The van der Waals surface area contributed by atoms with Crippen molar-refractivity contribution in [3.05, 3.63) is 70.2 Å². The number of hydrogen-bond donors (Lipinski definition) is 1. The molecule has 0 fully saturated rings. The van der Waals surface area contributed by atoms with E-state index in [1.54, 1.807) is 16.7 Å². The Balaban J connectivity index is 2.12. The van der Waals surface area contributed by atoms with E-state index in [1.807, 2.05) is 45.0 Å². The summed E-state index contributed by atoms with van der Waals surface area (Å²) in [5, 5.41) is 3.69. The number of thioether (sulfide) groups is 1. The van der Waals surface area contributed by atoms with Crippen molar-refractivity contribution < 1.29 is 9.59 Å². The number of carbonyl (C=O) groups is 2. The van der Waals surface area contributed by atoms with Crippen LogP contribution in [0.15, 0.2) is 48.5 Å². The minimum atomic E-state index is -0.503. The van der Waals surface area contributed by atoms with Gasteiger partial charge in [-0.05, 0) is 49.9 Å². The van der Waals surface area contributed by atoms with Crippen molar-refractivity contribution >= 4 is 35.2 Å². The van der Waals surface area contributed by atoms with Crippen molar-refractivity contribution in [2.45, 2.75) is 64.9 Å². The second-order valence-electron chi connectivity index (χ2n) is 7.87. The summed E-state index contributed by atoms with van der Waals surface area (Å²) < 4.78 is 0. The number of amides is 2. The molecule has 0 saturated heterocycles. The number of halogens is 1. The molecule has 0 aromatic heterocycles. The Kier molecular flexibility index (Phi) is 10.4. The molecular weight excluding hydrogens is 428 g/mol. The minimum absolute atomic E-state index is 0.0294. The van der Waals surface area contributed by atoms with Crippen LogP contribution in [0.25, 0.3) is 0 Å². The molecule has 6 heteroatoms. The van der Waals surface area contributed by atoms with E-state index in [4.69, 9.17) is 11.6 Å². The molecule has 2 amide bonds. The van der Waals surface area contributed by atoms with Crippen LogP contribution in [-0.2, 0) is 21.9 Å². The van der Waals surface area contributed by atoms with Gasteiger partial charge in [0.1, 0.15) is 6.04 Å². The largest absolute Gasteiger partial charge is 0.352 e. The minimum Gasteiger partial charge on any atom is -0.352 e. The molecule has 4 nitrogen and oxygen atoms in total. The number of nitrogens with zero attached hydrogens (tertiary/aromatic N) is 1. The second-order valence-corrected chi connectivity index (χ2v) is 9.29. The molecule has 168 valence electrons. The highest BCUT2D eigenvalue weighted by molar-refractivity contribution is 7.99. The molecule has 0 saturated carbocycles. The third kappa shape index (κ3) is 8.23. The van der Waals surface area contributed by atoms with E-state index in [9.17, 15) is 9.59 Å². The van der Waals surface area contributed by atoms with E-state index >= 15 is 0 Å². The summed E-state index contributed by atoms with van der Waals surface area (Å²) in [6.45, 7) is 8.40. The van der Waals surface area contributed by atoms with Gasteiger partial charge in [-0.25, -0.2) is 0 Å². The van der Waals surface area contributed by atoms with Gasteiger partial charge >= 0.3 is 0 Å². The fraction of sp³-hybridized carbons (Fsp3) is 0.440. The predicted octanol–water partition coefficient (Wildman–Crippen LogP) is 5.60. The van der Waals surface area contributed by atoms with Crippen LogP contribution in [0.2, 0.25) is 5.02 Å². The van der Waals surface area contributed by atoms with Gasteiger partial charge in [0.05, 0.1) is 5.75 Å². The monoisotopic (exact) mass is 460 g/mol. The average molecular weight is 461 g/mol.